The Hall–Kier alpha value is -0.800. The lowest BCUT2D eigenvalue weighted by Crippen LogP contribution is -2.25. The summed E-state index contributed by atoms with van der Waals surface area (Å²) in [5, 5.41) is 3.55. The summed E-state index contributed by atoms with van der Waals surface area (Å²) in [4.78, 5) is 0. The molecule has 0 aromatic heterocycles. The number of hydrogen-bond donors (Lipinski definition) is 1. The average Bonchev–Trinajstić information content (AvgIpc) is 2.21. The van der Waals surface area contributed by atoms with Gasteiger partial charge in [0.2, 0.25) is 0 Å². The topological polar surface area (TPSA) is 21.3 Å². The molecule has 90 valence electrons. The van der Waals surface area contributed by atoms with E-state index in [0.717, 1.165) is 18.7 Å². The third-order valence-corrected chi connectivity index (χ3v) is 2.84. The standard InChI is InChI=1S/C12H17ClFNO/c1-12(2,16-3)6-7-15-11-5-4-9(14)8-10(11)13/h4-5,8,15H,6-7H2,1-3H3. The molecule has 2 nitrogen and oxygen atoms in total. The highest BCUT2D eigenvalue weighted by atomic mass is 35.5. The van der Waals surface area contributed by atoms with Crippen molar-refractivity contribution in [3.05, 3.63) is 29.0 Å². The van der Waals surface area contributed by atoms with Gasteiger partial charge >= 0.3 is 0 Å². The number of nitrogens with one attached hydrogen (secondary N) is 1. The van der Waals surface area contributed by atoms with Gasteiger partial charge in [0.15, 0.2) is 0 Å². The smallest absolute Gasteiger partial charge is 0.124 e. The molecule has 1 aromatic carbocycles. The maximum Gasteiger partial charge on any atom is 0.124 e. The number of ether oxygens (including phenoxy) is 1. The van der Waals surface area contributed by atoms with Crippen molar-refractivity contribution in [3.63, 3.8) is 0 Å². The molecule has 0 aliphatic heterocycles. The van der Waals surface area contributed by atoms with E-state index in [0.29, 0.717) is 5.02 Å². The second-order valence-corrected chi connectivity index (χ2v) is 4.67. The van der Waals surface area contributed by atoms with Crippen LogP contribution in [-0.4, -0.2) is 19.3 Å². The Morgan fingerprint density at radius 3 is 2.69 bits per heavy atom. The molecule has 0 atom stereocenters. The summed E-state index contributed by atoms with van der Waals surface area (Å²) in [5.41, 5.74) is 0.578. The average molecular weight is 246 g/mol. The van der Waals surface area contributed by atoms with E-state index in [1.807, 2.05) is 13.8 Å². The normalized spacial score (nSPS) is 11.6. The SMILES string of the molecule is COC(C)(C)CCNc1ccc(F)cc1Cl. The Kier molecular flexibility index (Phi) is 4.56. The van der Waals surface area contributed by atoms with Gasteiger partial charge in [-0.2, -0.15) is 0 Å². The van der Waals surface area contributed by atoms with Gasteiger partial charge in [-0.05, 0) is 38.5 Å². The van der Waals surface area contributed by atoms with Gasteiger partial charge in [0.1, 0.15) is 5.82 Å². The summed E-state index contributed by atoms with van der Waals surface area (Å²) < 4.78 is 18.1. The fourth-order valence-corrected chi connectivity index (χ4v) is 1.47. The number of hydrogen-bond acceptors (Lipinski definition) is 2. The zero-order valence-corrected chi connectivity index (χ0v) is 10.6. The monoisotopic (exact) mass is 245 g/mol. The minimum Gasteiger partial charge on any atom is -0.384 e. The Balaban J connectivity index is 2.49. The quantitative estimate of drug-likeness (QED) is 0.854. The van der Waals surface area contributed by atoms with Crippen molar-refractivity contribution in [3.8, 4) is 0 Å². The molecule has 1 rings (SSSR count). The van der Waals surface area contributed by atoms with E-state index < -0.39 is 0 Å². The van der Waals surface area contributed by atoms with E-state index in [1.165, 1.54) is 12.1 Å². The van der Waals surface area contributed by atoms with Gasteiger partial charge in [0.25, 0.3) is 0 Å². The van der Waals surface area contributed by atoms with Crippen LogP contribution in [-0.2, 0) is 4.74 Å². The summed E-state index contributed by atoms with van der Waals surface area (Å²) >= 11 is 5.88. The fraction of sp³-hybridized carbons (Fsp3) is 0.500. The van der Waals surface area contributed by atoms with Crippen LogP contribution in [0.15, 0.2) is 18.2 Å². The lowest BCUT2D eigenvalue weighted by molar-refractivity contribution is 0.0185. The maximum absolute atomic E-state index is 12.8. The number of anilines is 1. The Morgan fingerprint density at radius 1 is 1.44 bits per heavy atom. The van der Waals surface area contributed by atoms with E-state index in [4.69, 9.17) is 16.3 Å². The van der Waals surface area contributed by atoms with Crippen LogP contribution in [0.2, 0.25) is 5.02 Å². The van der Waals surface area contributed by atoms with Gasteiger partial charge < -0.3 is 10.1 Å². The Morgan fingerprint density at radius 2 is 2.12 bits per heavy atom. The highest BCUT2D eigenvalue weighted by Gasteiger charge is 2.15. The van der Waals surface area contributed by atoms with Crippen molar-refractivity contribution in [2.75, 3.05) is 19.0 Å². The Labute approximate surface area is 101 Å². The predicted molar refractivity (Wildman–Crippen MR) is 65.6 cm³/mol. The van der Waals surface area contributed by atoms with E-state index in [-0.39, 0.29) is 11.4 Å². The van der Waals surface area contributed by atoms with E-state index >= 15 is 0 Å². The maximum atomic E-state index is 12.8. The molecular formula is C12H17ClFNO. The molecule has 0 saturated heterocycles. The van der Waals surface area contributed by atoms with Crippen molar-refractivity contribution in [2.24, 2.45) is 0 Å². The lowest BCUT2D eigenvalue weighted by atomic mass is 10.1. The molecule has 1 N–H and O–H groups in total. The second-order valence-electron chi connectivity index (χ2n) is 4.26. The molecule has 0 fully saturated rings. The first-order valence-corrected chi connectivity index (χ1v) is 5.56. The van der Waals surface area contributed by atoms with Crippen molar-refractivity contribution >= 4 is 17.3 Å². The Bertz CT molecular complexity index is 355. The van der Waals surface area contributed by atoms with Gasteiger partial charge in [0.05, 0.1) is 16.3 Å². The van der Waals surface area contributed by atoms with E-state index in [2.05, 4.69) is 5.32 Å². The van der Waals surface area contributed by atoms with Crippen molar-refractivity contribution < 1.29 is 9.13 Å². The molecule has 16 heavy (non-hydrogen) atoms. The van der Waals surface area contributed by atoms with Crippen molar-refractivity contribution in [1.82, 2.24) is 0 Å². The summed E-state index contributed by atoms with van der Waals surface area (Å²) in [7, 11) is 1.69. The van der Waals surface area contributed by atoms with Gasteiger partial charge in [0, 0.05) is 13.7 Å². The van der Waals surface area contributed by atoms with Crippen LogP contribution in [0.5, 0.6) is 0 Å². The number of methoxy groups -OCH3 is 1. The molecule has 1 aromatic rings. The van der Waals surface area contributed by atoms with Crippen LogP contribution in [0.25, 0.3) is 0 Å². The summed E-state index contributed by atoms with van der Waals surface area (Å²) in [6.45, 7) is 4.76. The summed E-state index contributed by atoms with van der Waals surface area (Å²) in [5.74, 6) is -0.326. The second kappa shape index (κ2) is 5.51. The predicted octanol–water partition coefficient (Wildman–Crippen LogP) is 3.71. The number of benzene rings is 1. The van der Waals surface area contributed by atoms with Gasteiger partial charge in [-0.15, -0.1) is 0 Å². The van der Waals surface area contributed by atoms with Crippen molar-refractivity contribution in [1.29, 1.82) is 0 Å². The first-order valence-electron chi connectivity index (χ1n) is 5.19. The minimum atomic E-state index is -0.326. The van der Waals surface area contributed by atoms with E-state index in [1.54, 1.807) is 13.2 Å². The molecule has 0 radical (unpaired) electrons. The first-order chi connectivity index (χ1) is 7.44. The molecule has 0 spiro atoms. The van der Waals surface area contributed by atoms with Gasteiger partial charge in [-0.3, -0.25) is 0 Å². The summed E-state index contributed by atoms with van der Waals surface area (Å²) in [6, 6.07) is 4.32. The van der Waals surface area contributed by atoms with Crippen LogP contribution in [0.4, 0.5) is 10.1 Å². The third-order valence-electron chi connectivity index (χ3n) is 2.53. The lowest BCUT2D eigenvalue weighted by Gasteiger charge is -2.23. The highest BCUT2D eigenvalue weighted by Crippen LogP contribution is 2.23. The molecule has 0 aliphatic carbocycles. The van der Waals surface area contributed by atoms with E-state index in [9.17, 15) is 4.39 Å². The molecule has 0 unspecified atom stereocenters. The number of halogens is 2. The van der Waals surface area contributed by atoms with Crippen LogP contribution in [0, 0.1) is 5.82 Å². The highest BCUT2D eigenvalue weighted by molar-refractivity contribution is 6.33. The molecule has 0 heterocycles. The molecule has 0 amide bonds. The van der Waals surface area contributed by atoms with Crippen molar-refractivity contribution in [2.45, 2.75) is 25.9 Å². The first kappa shape index (κ1) is 13.3. The molecule has 4 heteroatoms. The molecule has 0 bridgehead atoms. The zero-order chi connectivity index (χ0) is 12.2. The number of rotatable bonds is 5. The molecule has 0 saturated carbocycles. The largest absolute Gasteiger partial charge is 0.384 e. The molecule has 0 aliphatic rings. The van der Waals surface area contributed by atoms with Crippen LogP contribution in [0.3, 0.4) is 0 Å². The third kappa shape index (κ3) is 3.99. The zero-order valence-electron chi connectivity index (χ0n) is 9.81. The minimum absolute atomic E-state index is 0.167. The fourth-order valence-electron chi connectivity index (χ4n) is 1.23. The van der Waals surface area contributed by atoms with Gasteiger partial charge in [-0.25, -0.2) is 4.39 Å². The van der Waals surface area contributed by atoms with Crippen LogP contribution >= 0.6 is 11.6 Å². The molecular weight excluding hydrogens is 229 g/mol. The summed E-state index contributed by atoms with van der Waals surface area (Å²) in [6.07, 6.45) is 0.844. The van der Waals surface area contributed by atoms with Crippen LogP contribution < -0.4 is 5.32 Å². The van der Waals surface area contributed by atoms with Gasteiger partial charge in [-0.1, -0.05) is 11.6 Å². The van der Waals surface area contributed by atoms with Crippen LogP contribution in [0.1, 0.15) is 20.3 Å².